The van der Waals surface area contributed by atoms with Gasteiger partial charge in [-0.25, -0.2) is 0 Å². The van der Waals surface area contributed by atoms with Crippen LogP contribution < -0.4 is 0 Å². The molecule has 0 saturated carbocycles. The Morgan fingerprint density at radius 3 is 2.08 bits per heavy atom. The molecule has 0 saturated heterocycles. The molecule has 0 aromatic rings. The van der Waals surface area contributed by atoms with Crippen LogP contribution >= 0.6 is 0 Å². The average molecular weight is 171 g/mol. The van der Waals surface area contributed by atoms with Gasteiger partial charge in [0.2, 0.25) is 5.91 Å². The molecular weight excluding hydrogens is 150 g/mol. The third-order valence-corrected chi connectivity index (χ3v) is 2.29. The van der Waals surface area contributed by atoms with E-state index >= 15 is 0 Å². The van der Waals surface area contributed by atoms with Crippen molar-refractivity contribution in [2.45, 2.75) is 46.6 Å². The van der Waals surface area contributed by atoms with E-state index in [4.69, 9.17) is 0 Å². The second-order valence-corrected chi connectivity index (χ2v) is 4.49. The lowest BCUT2D eigenvalue weighted by Gasteiger charge is -2.36. The third-order valence-electron chi connectivity index (χ3n) is 2.29. The SMILES string of the molecule is CC(=O)N(C)C(C)(C)CC(C)C. The van der Waals surface area contributed by atoms with E-state index in [2.05, 4.69) is 27.7 Å². The van der Waals surface area contributed by atoms with E-state index in [0.29, 0.717) is 5.92 Å². The maximum Gasteiger partial charge on any atom is 0.219 e. The fourth-order valence-corrected chi connectivity index (χ4v) is 1.56. The molecule has 0 atom stereocenters. The zero-order chi connectivity index (χ0) is 9.94. The van der Waals surface area contributed by atoms with Crippen LogP contribution in [-0.4, -0.2) is 23.4 Å². The molecule has 0 N–H and O–H groups in total. The van der Waals surface area contributed by atoms with E-state index in [1.165, 1.54) is 0 Å². The van der Waals surface area contributed by atoms with Crippen molar-refractivity contribution < 1.29 is 4.79 Å². The van der Waals surface area contributed by atoms with Crippen molar-refractivity contribution in [2.75, 3.05) is 7.05 Å². The van der Waals surface area contributed by atoms with Crippen LogP contribution in [0.2, 0.25) is 0 Å². The Hall–Kier alpha value is -0.530. The minimum absolute atomic E-state index is 0.0139. The summed E-state index contributed by atoms with van der Waals surface area (Å²) >= 11 is 0. The Kier molecular flexibility index (Phi) is 3.75. The predicted octanol–water partition coefficient (Wildman–Crippen LogP) is 2.29. The summed E-state index contributed by atoms with van der Waals surface area (Å²) in [6, 6.07) is 0. The molecule has 0 spiro atoms. The van der Waals surface area contributed by atoms with Gasteiger partial charge in [0.15, 0.2) is 0 Å². The van der Waals surface area contributed by atoms with Gasteiger partial charge in [-0.3, -0.25) is 4.79 Å². The van der Waals surface area contributed by atoms with Crippen molar-refractivity contribution in [1.29, 1.82) is 0 Å². The molecule has 0 aliphatic carbocycles. The first-order valence-corrected chi connectivity index (χ1v) is 4.52. The van der Waals surface area contributed by atoms with Crippen molar-refractivity contribution >= 4 is 5.91 Å². The lowest BCUT2D eigenvalue weighted by Crippen LogP contribution is -2.44. The fourth-order valence-electron chi connectivity index (χ4n) is 1.56. The maximum absolute atomic E-state index is 11.1. The van der Waals surface area contributed by atoms with Crippen molar-refractivity contribution in [3.05, 3.63) is 0 Å². The van der Waals surface area contributed by atoms with E-state index in [-0.39, 0.29) is 11.4 Å². The number of amides is 1. The quantitative estimate of drug-likeness (QED) is 0.638. The number of nitrogens with zero attached hydrogens (tertiary/aromatic N) is 1. The Morgan fingerprint density at radius 2 is 1.83 bits per heavy atom. The molecule has 0 heterocycles. The number of rotatable bonds is 3. The first-order valence-electron chi connectivity index (χ1n) is 4.52. The Balaban J connectivity index is 4.28. The van der Waals surface area contributed by atoms with Crippen LogP contribution in [-0.2, 0) is 4.79 Å². The molecule has 0 unspecified atom stereocenters. The Labute approximate surface area is 75.9 Å². The smallest absolute Gasteiger partial charge is 0.219 e. The van der Waals surface area contributed by atoms with Crippen LogP contribution in [0.15, 0.2) is 0 Å². The topological polar surface area (TPSA) is 20.3 Å². The molecule has 0 rings (SSSR count). The average Bonchev–Trinajstić information content (AvgIpc) is 1.82. The van der Waals surface area contributed by atoms with Gasteiger partial charge in [-0.1, -0.05) is 13.8 Å². The van der Waals surface area contributed by atoms with E-state index < -0.39 is 0 Å². The zero-order valence-electron chi connectivity index (χ0n) is 9.14. The molecular formula is C10H21NO. The van der Waals surface area contributed by atoms with Gasteiger partial charge in [0.1, 0.15) is 0 Å². The monoisotopic (exact) mass is 171 g/mol. The van der Waals surface area contributed by atoms with Gasteiger partial charge in [-0.15, -0.1) is 0 Å². The van der Waals surface area contributed by atoms with Crippen LogP contribution in [0.4, 0.5) is 0 Å². The van der Waals surface area contributed by atoms with Gasteiger partial charge in [-0.2, -0.15) is 0 Å². The van der Waals surface area contributed by atoms with Crippen LogP contribution in [0.25, 0.3) is 0 Å². The second kappa shape index (κ2) is 3.92. The highest BCUT2D eigenvalue weighted by molar-refractivity contribution is 5.73. The molecule has 2 nitrogen and oxygen atoms in total. The van der Waals surface area contributed by atoms with Gasteiger partial charge < -0.3 is 4.90 Å². The lowest BCUT2D eigenvalue weighted by atomic mass is 9.91. The van der Waals surface area contributed by atoms with Crippen LogP contribution in [0.3, 0.4) is 0 Å². The maximum atomic E-state index is 11.1. The summed E-state index contributed by atoms with van der Waals surface area (Å²) in [7, 11) is 1.87. The summed E-state index contributed by atoms with van der Waals surface area (Å²) in [5.74, 6) is 0.766. The van der Waals surface area contributed by atoms with Gasteiger partial charge in [0.05, 0.1) is 0 Å². The van der Waals surface area contributed by atoms with Crippen molar-refractivity contribution in [3.63, 3.8) is 0 Å². The highest BCUT2D eigenvalue weighted by Gasteiger charge is 2.25. The molecule has 0 radical (unpaired) electrons. The first kappa shape index (κ1) is 11.5. The molecule has 0 aliphatic heterocycles. The third kappa shape index (κ3) is 3.24. The first-order chi connectivity index (χ1) is 5.27. The molecule has 0 aromatic carbocycles. The number of hydrogen-bond acceptors (Lipinski definition) is 1. The highest BCUT2D eigenvalue weighted by Crippen LogP contribution is 2.21. The predicted molar refractivity (Wildman–Crippen MR) is 52.0 cm³/mol. The Morgan fingerprint density at radius 1 is 1.42 bits per heavy atom. The summed E-state index contributed by atoms with van der Waals surface area (Å²) in [4.78, 5) is 12.9. The molecule has 12 heavy (non-hydrogen) atoms. The van der Waals surface area contributed by atoms with E-state index in [0.717, 1.165) is 6.42 Å². The van der Waals surface area contributed by atoms with E-state index in [1.807, 2.05) is 11.9 Å². The van der Waals surface area contributed by atoms with Crippen LogP contribution in [0.1, 0.15) is 41.0 Å². The van der Waals surface area contributed by atoms with E-state index in [9.17, 15) is 4.79 Å². The molecule has 0 fully saturated rings. The molecule has 2 heteroatoms. The molecule has 0 aromatic heterocycles. The summed E-state index contributed by atoms with van der Waals surface area (Å²) in [6.45, 7) is 10.2. The highest BCUT2D eigenvalue weighted by atomic mass is 16.2. The molecule has 72 valence electrons. The van der Waals surface area contributed by atoms with Gasteiger partial charge in [0.25, 0.3) is 0 Å². The minimum Gasteiger partial charge on any atom is -0.341 e. The zero-order valence-corrected chi connectivity index (χ0v) is 9.14. The fraction of sp³-hybridized carbons (Fsp3) is 0.900. The van der Waals surface area contributed by atoms with Gasteiger partial charge >= 0.3 is 0 Å². The summed E-state index contributed by atoms with van der Waals surface area (Å²) < 4.78 is 0. The Bertz CT molecular complexity index is 161. The molecule has 0 aliphatic rings. The van der Waals surface area contributed by atoms with Crippen molar-refractivity contribution in [3.8, 4) is 0 Å². The summed E-state index contributed by atoms with van der Waals surface area (Å²) in [6.07, 6.45) is 1.04. The standard InChI is InChI=1S/C10H21NO/c1-8(2)7-10(4,5)11(6)9(3)12/h8H,7H2,1-6H3. The minimum atomic E-state index is -0.0139. The summed E-state index contributed by atoms with van der Waals surface area (Å²) in [5.41, 5.74) is -0.0139. The number of carbonyl (C=O) groups is 1. The van der Waals surface area contributed by atoms with Gasteiger partial charge in [0, 0.05) is 19.5 Å². The van der Waals surface area contributed by atoms with E-state index in [1.54, 1.807) is 6.92 Å². The van der Waals surface area contributed by atoms with Crippen molar-refractivity contribution in [1.82, 2.24) is 4.90 Å². The normalized spacial score (nSPS) is 11.9. The number of hydrogen-bond donors (Lipinski definition) is 0. The molecule has 1 amide bonds. The second-order valence-electron chi connectivity index (χ2n) is 4.49. The summed E-state index contributed by atoms with van der Waals surface area (Å²) in [5, 5.41) is 0. The largest absolute Gasteiger partial charge is 0.341 e. The number of carbonyl (C=O) groups excluding carboxylic acids is 1. The van der Waals surface area contributed by atoms with Crippen LogP contribution in [0, 0.1) is 5.92 Å². The van der Waals surface area contributed by atoms with Gasteiger partial charge in [-0.05, 0) is 26.2 Å². The molecule has 0 bridgehead atoms. The van der Waals surface area contributed by atoms with Crippen LogP contribution in [0.5, 0.6) is 0 Å². The lowest BCUT2D eigenvalue weighted by molar-refractivity contribution is -0.132. The van der Waals surface area contributed by atoms with Crippen molar-refractivity contribution in [2.24, 2.45) is 5.92 Å².